The molecule has 306 valence electrons. The molecule has 9 N–H and O–H groups in total. The molecule has 0 aliphatic carbocycles. The number of nitrogens with zero attached hydrogens (tertiary/aromatic N) is 2. The molecule has 0 aromatic carbocycles. The van der Waals surface area contributed by atoms with E-state index >= 15 is 0 Å². The molecule has 4 saturated heterocycles. The van der Waals surface area contributed by atoms with Crippen molar-refractivity contribution < 1.29 is 83.2 Å². The first-order chi connectivity index (χ1) is 25.8. The van der Waals surface area contributed by atoms with Gasteiger partial charge in [-0.2, -0.15) is 0 Å². The van der Waals surface area contributed by atoms with E-state index in [1.54, 1.807) is 0 Å². The first-order valence-corrected chi connectivity index (χ1v) is 17.9. The lowest BCUT2D eigenvalue weighted by Crippen LogP contribution is -2.61. The third-order valence-electron chi connectivity index (χ3n) is 9.27. The lowest BCUT2D eigenvalue weighted by atomic mass is 9.83. The summed E-state index contributed by atoms with van der Waals surface area (Å²) in [6.45, 7) is -2.17. The number of hydroxylamine groups is 2. The van der Waals surface area contributed by atoms with Crippen molar-refractivity contribution in [3.8, 4) is 0 Å². The van der Waals surface area contributed by atoms with Crippen LogP contribution in [0.3, 0.4) is 0 Å². The van der Waals surface area contributed by atoms with E-state index in [1.165, 1.54) is 4.90 Å². The fourth-order valence-corrected chi connectivity index (χ4v) is 6.35. The predicted molar refractivity (Wildman–Crippen MR) is 176 cm³/mol. The van der Waals surface area contributed by atoms with Crippen LogP contribution in [0.1, 0.15) is 44.9 Å². The van der Waals surface area contributed by atoms with Gasteiger partial charge in [-0.15, -0.1) is 5.06 Å². The van der Waals surface area contributed by atoms with Gasteiger partial charge in [0.1, 0.15) is 30.5 Å². The van der Waals surface area contributed by atoms with Crippen LogP contribution in [0.25, 0.3) is 0 Å². The molecular weight excluding hydrogens is 726 g/mol. The summed E-state index contributed by atoms with van der Waals surface area (Å²) < 4.78 is 22.7. The van der Waals surface area contributed by atoms with Crippen molar-refractivity contribution in [3.63, 3.8) is 0 Å². The maximum atomic E-state index is 12.9. The molecule has 10 atom stereocenters. The Balaban J connectivity index is 1.30. The summed E-state index contributed by atoms with van der Waals surface area (Å²) in [5.74, 6) is -4.58. The van der Waals surface area contributed by atoms with Gasteiger partial charge in [0.15, 0.2) is 12.6 Å². The molecule has 0 radical (unpaired) electrons. The normalized spacial score (nSPS) is 33.8. The number of imide groups is 1. The van der Waals surface area contributed by atoms with Gasteiger partial charge < -0.3 is 70.4 Å². The zero-order chi connectivity index (χ0) is 39.4. The van der Waals surface area contributed by atoms with E-state index in [4.69, 9.17) is 23.8 Å². The lowest BCUT2D eigenvalue weighted by molar-refractivity contribution is -0.317. The summed E-state index contributed by atoms with van der Waals surface area (Å²) in [6.07, 6.45) is -12.3. The standard InChI is InChI=1S/C32H51N5O17/c38-16-19-28(47)26(45)17-12-18-27(46)29(48)30(49)32(52-18)51-11-9-35-22(41)15-36(14-21(40)34-8-10-50-31(17)53-19)13-20(39)33-7-3-1-2-4-25(44)54-37-23(42)5-6-24(37)43/h17-19,26-32,38,45-49H,1-16H2,(H,33,39)(H,34,40)(H,35,41)/t17-,18+,19-,26-,27-,28-,29-,30+,31-,32-/m1/s1. The van der Waals surface area contributed by atoms with Crippen LogP contribution in [-0.2, 0) is 52.6 Å². The average Bonchev–Trinajstić information content (AvgIpc) is 3.44. The minimum Gasteiger partial charge on any atom is -0.394 e. The van der Waals surface area contributed by atoms with Gasteiger partial charge in [-0.25, -0.2) is 4.79 Å². The van der Waals surface area contributed by atoms with E-state index in [-0.39, 0.29) is 78.2 Å². The van der Waals surface area contributed by atoms with E-state index in [9.17, 15) is 59.4 Å². The molecule has 0 aromatic rings. The third kappa shape index (κ3) is 12.3. The Bertz CT molecular complexity index is 1290. The first-order valence-electron chi connectivity index (χ1n) is 17.9. The Hall–Kier alpha value is -3.42. The molecule has 4 fully saturated rings. The number of hydrogen-bond acceptors (Lipinski definition) is 18. The topological polar surface area (TPSA) is 313 Å². The molecule has 22 nitrogen and oxygen atoms in total. The Kier molecular flexibility index (Phi) is 16.9. The van der Waals surface area contributed by atoms with Gasteiger partial charge in [0.2, 0.25) is 17.7 Å². The summed E-state index contributed by atoms with van der Waals surface area (Å²) in [7, 11) is 0. The SMILES string of the molecule is O=C(CN1CC(=O)NCCO[C@@H]2O[C@@H](C[C@H]3[C@H](OCCNC(=O)C1)O[C@H](CO)[C@@H](O)[C@@H]3O)[C@@H](O)[C@@H](O)[C@@H]2O)NCCCCCC(=O)ON1C(=O)CCC1=O. The van der Waals surface area contributed by atoms with Crippen LogP contribution < -0.4 is 16.0 Å². The van der Waals surface area contributed by atoms with Crippen LogP contribution in [0, 0.1) is 5.92 Å². The molecule has 0 saturated carbocycles. The number of rotatable bonds is 10. The smallest absolute Gasteiger partial charge is 0.333 e. The van der Waals surface area contributed by atoms with E-state index in [2.05, 4.69) is 16.0 Å². The summed E-state index contributed by atoms with van der Waals surface area (Å²) in [6, 6.07) is 0. The number of nitrogens with one attached hydrogen (secondary N) is 3. The fourth-order valence-electron chi connectivity index (χ4n) is 6.35. The quantitative estimate of drug-likeness (QED) is 0.0737. The largest absolute Gasteiger partial charge is 0.394 e. The number of amides is 5. The van der Waals surface area contributed by atoms with Crippen LogP contribution in [0.2, 0.25) is 0 Å². The molecule has 4 aliphatic heterocycles. The van der Waals surface area contributed by atoms with E-state index in [1.807, 2.05) is 0 Å². The average molecular weight is 778 g/mol. The number of carbonyl (C=O) groups excluding carboxylic acids is 6. The first kappa shape index (κ1) is 43.3. The number of carbonyl (C=O) groups is 6. The number of fused-ring (bicyclic) bond motifs is 3. The summed E-state index contributed by atoms with van der Waals surface area (Å²) >= 11 is 0. The van der Waals surface area contributed by atoms with Crippen LogP contribution >= 0.6 is 0 Å². The predicted octanol–water partition coefficient (Wildman–Crippen LogP) is -5.90. The number of ether oxygens (including phenoxy) is 4. The van der Waals surface area contributed by atoms with E-state index < -0.39 is 103 Å². The van der Waals surface area contributed by atoms with Crippen LogP contribution in [0.15, 0.2) is 0 Å². The molecule has 4 heterocycles. The molecule has 4 rings (SSSR count). The maximum absolute atomic E-state index is 12.9. The molecule has 0 spiro atoms. The molecule has 5 amide bonds. The number of aliphatic hydroxyl groups excluding tert-OH is 6. The van der Waals surface area contributed by atoms with Crippen LogP contribution in [0.4, 0.5) is 0 Å². The van der Waals surface area contributed by atoms with Gasteiger partial charge in [0, 0.05) is 44.8 Å². The Morgan fingerprint density at radius 3 is 2.04 bits per heavy atom. The van der Waals surface area contributed by atoms with Gasteiger partial charge in [-0.3, -0.25) is 28.9 Å². The highest BCUT2D eigenvalue weighted by Crippen LogP contribution is 2.34. The second kappa shape index (κ2) is 21.0. The monoisotopic (exact) mass is 777 g/mol. The van der Waals surface area contributed by atoms with Crippen molar-refractivity contribution in [2.75, 3.05) is 59.1 Å². The van der Waals surface area contributed by atoms with Gasteiger partial charge in [-0.1, -0.05) is 6.42 Å². The highest BCUT2D eigenvalue weighted by molar-refractivity contribution is 6.01. The van der Waals surface area contributed by atoms with Crippen molar-refractivity contribution in [2.24, 2.45) is 5.92 Å². The van der Waals surface area contributed by atoms with Crippen LogP contribution in [-0.4, -0.2) is 191 Å². The second-order valence-corrected chi connectivity index (χ2v) is 13.4. The molecule has 0 unspecified atom stereocenters. The fraction of sp³-hybridized carbons (Fsp3) is 0.812. The van der Waals surface area contributed by atoms with Crippen molar-refractivity contribution >= 4 is 35.5 Å². The zero-order valence-electron chi connectivity index (χ0n) is 29.7. The highest BCUT2D eigenvalue weighted by atomic mass is 16.7. The number of unbranched alkanes of at least 4 members (excludes halogenated alkanes) is 2. The number of aliphatic hydroxyl groups is 6. The van der Waals surface area contributed by atoms with Crippen molar-refractivity contribution in [3.05, 3.63) is 0 Å². The molecular formula is C32H51N5O17. The zero-order valence-corrected chi connectivity index (χ0v) is 29.7. The maximum Gasteiger partial charge on any atom is 0.333 e. The Morgan fingerprint density at radius 1 is 0.778 bits per heavy atom. The molecule has 54 heavy (non-hydrogen) atoms. The lowest BCUT2D eigenvalue weighted by Gasteiger charge is -2.46. The Morgan fingerprint density at radius 2 is 1.41 bits per heavy atom. The van der Waals surface area contributed by atoms with Crippen molar-refractivity contribution in [1.29, 1.82) is 0 Å². The van der Waals surface area contributed by atoms with Gasteiger partial charge >= 0.3 is 5.97 Å². The van der Waals surface area contributed by atoms with Gasteiger partial charge in [0.05, 0.1) is 51.7 Å². The van der Waals surface area contributed by atoms with E-state index in [0.29, 0.717) is 24.3 Å². The molecule has 0 aromatic heterocycles. The minimum atomic E-state index is -1.73. The summed E-state index contributed by atoms with van der Waals surface area (Å²) in [5, 5.41) is 71.1. The number of hydrogen-bond donors (Lipinski definition) is 9. The molecule has 2 bridgehead atoms. The highest BCUT2D eigenvalue weighted by Gasteiger charge is 2.50. The molecule has 4 aliphatic rings. The minimum absolute atomic E-state index is 0.00656. The molecule has 22 heteroatoms. The van der Waals surface area contributed by atoms with Gasteiger partial charge in [0.25, 0.3) is 11.8 Å². The summed E-state index contributed by atoms with van der Waals surface area (Å²) in [4.78, 5) is 79.6. The Labute approximate surface area is 309 Å². The van der Waals surface area contributed by atoms with Crippen molar-refractivity contribution in [1.82, 2.24) is 25.9 Å². The van der Waals surface area contributed by atoms with E-state index in [0.717, 1.165) is 0 Å². The van der Waals surface area contributed by atoms with Crippen molar-refractivity contribution in [2.45, 2.75) is 100 Å². The van der Waals surface area contributed by atoms with Gasteiger partial charge in [-0.05, 0) is 19.3 Å². The third-order valence-corrected chi connectivity index (χ3v) is 9.27. The summed E-state index contributed by atoms with van der Waals surface area (Å²) in [5.41, 5.74) is 0. The second-order valence-electron chi connectivity index (χ2n) is 13.4. The van der Waals surface area contributed by atoms with Crippen LogP contribution in [0.5, 0.6) is 0 Å².